The summed E-state index contributed by atoms with van der Waals surface area (Å²) in [5, 5.41) is 5.55. The highest BCUT2D eigenvalue weighted by molar-refractivity contribution is 9.10. The first-order valence-electron chi connectivity index (χ1n) is 6.33. The Bertz CT molecular complexity index is 731. The Morgan fingerprint density at radius 2 is 2.20 bits per heavy atom. The van der Waals surface area contributed by atoms with Crippen molar-refractivity contribution in [3.63, 3.8) is 0 Å². The van der Waals surface area contributed by atoms with E-state index in [9.17, 15) is 4.39 Å². The summed E-state index contributed by atoms with van der Waals surface area (Å²) < 4.78 is 16.4. The third-order valence-corrected chi connectivity index (χ3v) is 4.31. The topological polar surface area (TPSA) is 30.2 Å². The fourth-order valence-electron chi connectivity index (χ4n) is 2.00. The number of hydrogen-bond donors (Lipinski definition) is 0. The van der Waals surface area contributed by atoms with Gasteiger partial charge in [0.05, 0.1) is 11.9 Å². The standard InChI is InChI=1S/C14H13BrFN3S/c1-8(2)5-13-18-19-7-12(17-14(19)20-13)10-4-3-9(15)6-11(10)16/h3-4,6-8H,5H2,1-2H3. The third kappa shape index (κ3) is 2.62. The molecule has 0 saturated heterocycles. The van der Waals surface area contributed by atoms with Crippen molar-refractivity contribution in [1.29, 1.82) is 0 Å². The Morgan fingerprint density at radius 3 is 2.85 bits per heavy atom. The highest BCUT2D eigenvalue weighted by atomic mass is 79.9. The molecule has 2 heterocycles. The van der Waals surface area contributed by atoms with Crippen LogP contribution in [0.5, 0.6) is 0 Å². The number of aromatic nitrogens is 3. The zero-order valence-electron chi connectivity index (χ0n) is 11.1. The number of hydrogen-bond acceptors (Lipinski definition) is 3. The van der Waals surface area contributed by atoms with Crippen molar-refractivity contribution in [2.75, 3.05) is 0 Å². The molecule has 0 aliphatic carbocycles. The maximum absolute atomic E-state index is 13.9. The molecule has 0 aliphatic heterocycles. The fourth-order valence-corrected chi connectivity index (χ4v) is 3.42. The van der Waals surface area contributed by atoms with E-state index < -0.39 is 0 Å². The Balaban J connectivity index is 1.99. The van der Waals surface area contributed by atoms with E-state index in [2.05, 4.69) is 39.9 Å². The van der Waals surface area contributed by atoms with E-state index >= 15 is 0 Å². The molecule has 0 N–H and O–H groups in total. The largest absolute Gasteiger partial charge is 0.217 e. The van der Waals surface area contributed by atoms with Gasteiger partial charge in [-0.3, -0.25) is 0 Å². The molecular formula is C14H13BrFN3S. The zero-order chi connectivity index (χ0) is 14.3. The average molecular weight is 354 g/mol. The van der Waals surface area contributed by atoms with E-state index in [1.54, 1.807) is 28.1 Å². The van der Waals surface area contributed by atoms with Crippen LogP contribution in [0.15, 0.2) is 28.9 Å². The molecule has 3 nitrogen and oxygen atoms in total. The number of halogens is 2. The van der Waals surface area contributed by atoms with Gasteiger partial charge in [-0.05, 0) is 24.1 Å². The van der Waals surface area contributed by atoms with Crippen molar-refractivity contribution in [3.05, 3.63) is 39.7 Å². The van der Waals surface area contributed by atoms with Crippen molar-refractivity contribution < 1.29 is 4.39 Å². The molecule has 0 fully saturated rings. The van der Waals surface area contributed by atoms with E-state index in [0.29, 0.717) is 17.2 Å². The Morgan fingerprint density at radius 1 is 1.40 bits per heavy atom. The summed E-state index contributed by atoms with van der Waals surface area (Å²) in [5.74, 6) is 0.279. The van der Waals surface area contributed by atoms with Crippen molar-refractivity contribution >= 4 is 32.2 Å². The molecule has 104 valence electrons. The number of nitrogens with zero attached hydrogens (tertiary/aromatic N) is 3. The van der Waals surface area contributed by atoms with Crippen LogP contribution in [0.25, 0.3) is 16.2 Å². The maximum atomic E-state index is 13.9. The summed E-state index contributed by atoms with van der Waals surface area (Å²) in [4.78, 5) is 5.27. The molecule has 3 rings (SSSR count). The maximum Gasteiger partial charge on any atom is 0.212 e. The summed E-state index contributed by atoms with van der Waals surface area (Å²) in [6.07, 6.45) is 2.72. The van der Waals surface area contributed by atoms with Gasteiger partial charge in [-0.15, -0.1) is 0 Å². The molecule has 0 aliphatic rings. The molecule has 0 atom stereocenters. The van der Waals surface area contributed by atoms with Crippen LogP contribution in [0.3, 0.4) is 0 Å². The molecule has 2 aromatic heterocycles. The van der Waals surface area contributed by atoms with Gasteiger partial charge >= 0.3 is 0 Å². The molecule has 0 amide bonds. The normalized spacial score (nSPS) is 11.7. The van der Waals surface area contributed by atoms with Gasteiger partial charge in [0.1, 0.15) is 10.8 Å². The minimum Gasteiger partial charge on any atom is -0.217 e. The van der Waals surface area contributed by atoms with Crippen LogP contribution < -0.4 is 0 Å². The molecule has 1 aromatic carbocycles. The zero-order valence-corrected chi connectivity index (χ0v) is 13.5. The summed E-state index contributed by atoms with van der Waals surface area (Å²) in [6, 6.07) is 4.98. The van der Waals surface area contributed by atoms with Crippen molar-refractivity contribution in [3.8, 4) is 11.3 Å². The summed E-state index contributed by atoms with van der Waals surface area (Å²) in [6.45, 7) is 4.32. The van der Waals surface area contributed by atoms with E-state index in [4.69, 9.17) is 0 Å². The minimum absolute atomic E-state index is 0.285. The molecule has 0 unspecified atom stereocenters. The average Bonchev–Trinajstić information content (AvgIpc) is 2.85. The molecule has 0 spiro atoms. The van der Waals surface area contributed by atoms with E-state index in [1.807, 2.05) is 6.07 Å². The molecule has 0 bridgehead atoms. The van der Waals surface area contributed by atoms with E-state index in [-0.39, 0.29) is 5.82 Å². The summed E-state index contributed by atoms with van der Waals surface area (Å²) in [7, 11) is 0. The van der Waals surface area contributed by atoms with Crippen molar-refractivity contribution in [1.82, 2.24) is 14.6 Å². The smallest absolute Gasteiger partial charge is 0.212 e. The number of fused-ring (bicyclic) bond motifs is 1. The van der Waals surface area contributed by atoms with Gasteiger partial charge in [-0.25, -0.2) is 13.9 Å². The number of imidazole rings is 1. The lowest BCUT2D eigenvalue weighted by atomic mass is 10.1. The highest BCUT2D eigenvalue weighted by Gasteiger charge is 2.13. The van der Waals surface area contributed by atoms with Crippen LogP contribution in [0, 0.1) is 11.7 Å². The second kappa shape index (κ2) is 5.26. The highest BCUT2D eigenvalue weighted by Crippen LogP contribution is 2.27. The predicted molar refractivity (Wildman–Crippen MR) is 82.5 cm³/mol. The molecular weight excluding hydrogens is 341 g/mol. The number of rotatable bonds is 3. The van der Waals surface area contributed by atoms with Gasteiger partial charge in [0, 0.05) is 16.5 Å². The van der Waals surface area contributed by atoms with Crippen LogP contribution in [0.1, 0.15) is 18.9 Å². The molecule has 6 heteroatoms. The van der Waals surface area contributed by atoms with Crippen LogP contribution in [0.2, 0.25) is 0 Å². The SMILES string of the molecule is CC(C)Cc1nn2cc(-c3ccc(Br)cc3F)nc2s1. The summed E-state index contributed by atoms with van der Waals surface area (Å²) in [5.41, 5.74) is 1.11. The Hall–Kier alpha value is -1.27. The van der Waals surface area contributed by atoms with E-state index in [0.717, 1.165) is 20.9 Å². The monoisotopic (exact) mass is 353 g/mol. The van der Waals surface area contributed by atoms with Crippen LogP contribution >= 0.6 is 27.3 Å². The van der Waals surface area contributed by atoms with Gasteiger partial charge in [0.15, 0.2) is 0 Å². The second-order valence-corrected chi connectivity index (χ2v) is 7.03. The quantitative estimate of drug-likeness (QED) is 0.690. The van der Waals surface area contributed by atoms with Crippen LogP contribution in [0.4, 0.5) is 4.39 Å². The third-order valence-electron chi connectivity index (χ3n) is 2.87. The van der Waals surface area contributed by atoms with Gasteiger partial charge in [-0.2, -0.15) is 5.10 Å². The lowest BCUT2D eigenvalue weighted by Crippen LogP contribution is -1.94. The molecule has 3 aromatic rings. The summed E-state index contributed by atoms with van der Waals surface area (Å²) >= 11 is 4.81. The molecule has 20 heavy (non-hydrogen) atoms. The Labute approximate surface area is 128 Å². The predicted octanol–water partition coefficient (Wildman–Crippen LogP) is 4.56. The van der Waals surface area contributed by atoms with Crippen molar-refractivity contribution in [2.45, 2.75) is 20.3 Å². The first-order chi connectivity index (χ1) is 9.52. The first kappa shape index (κ1) is 13.7. The minimum atomic E-state index is -0.285. The van der Waals surface area contributed by atoms with Gasteiger partial charge in [0.2, 0.25) is 4.96 Å². The number of benzene rings is 1. The fraction of sp³-hybridized carbons (Fsp3) is 0.286. The van der Waals surface area contributed by atoms with Gasteiger partial charge < -0.3 is 0 Å². The molecule has 0 radical (unpaired) electrons. The lowest BCUT2D eigenvalue weighted by molar-refractivity contribution is 0.630. The van der Waals surface area contributed by atoms with Crippen LogP contribution in [-0.4, -0.2) is 14.6 Å². The van der Waals surface area contributed by atoms with Gasteiger partial charge in [-0.1, -0.05) is 41.1 Å². The van der Waals surface area contributed by atoms with E-state index in [1.165, 1.54) is 6.07 Å². The Kier molecular flexibility index (Phi) is 3.60. The van der Waals surface area contributed by atoms with Crippen molar-refractivity contribution in [2.24, 2.45) is 5.92 Å². The lowest BCUT2D eigenvalue weighted by Gasteiger charge is -1.99. The van der Waals surface area contributed by atoms with Gasteiger partial charge in [0.25, 0.3) is 0 Å². The first-order valence-corrected chi connectivity index (χ1v) is 7.94. The second-order valence-electron chi connectivity index (χ2n) is 5.07. The van der Waals surface area contributed by atoms with Crippen LogP contribution in [-0.2, 0) is 6.42 Å². The molecule has 0 saturated carbocycles.